The number of aryl methyl sites for hydroxylation is 1. The highest BCUT2D eigenvalue weighted by atomic mass is 32.2. The Hall–Kier alpha value is -1.31. The Balaban J connectivity index is 2.34. The van der Waals surface area contributed by atoms with Crippen LogP contribution in [0.1, 0.15) is 12.5 Å². The first-order valence-corrected chi connectivity index (χ1v) is 7.70. The number of nitrogens with zero attached hydrogens (tertiary/aromatic N) is 2. The van der Waals surface area contributed by atoms with Gasteiger partial charge in [-0.15, -0.1) is 0 Å². The molecular weight excluding hydrogens is 266 g/mol. The second-order valence-electron chi connectivity index (χ2n) is 4.44. The first-order valence-electron chi connectivity index (χ1n) is 6.26. The van der Waals surface area contributed by atoms with Crippen LogP contribution in [-0.2, 0) is 16.7 Å². The van der Waals surface area contributed by atoms with E-state index >= 15 is 0 Å². The molecule has 0 aliphatic carbocycles. The van der Waals surface area contributed by atoms with Crippen molar-refractivity contribution in [3.05, 3.63) is 23.8 Å². The van der Waals surface area contributed by atoms with Gasteiger partial charge in [-0.05, 0) is 24.1 Å². The van der Waals surface area contributed by atoms with E-state index in [1.165, 1.54) is 0 Å². The molecule has 6 nitrogen and oxygen atoms in total. The maximum atomic E-state index is 11.0. The summed E-state index contributed by atoms with van der Waals surface area (Å²) >= 11 is 0. The smallest absolute Gasteiger partial charge is 0.357 e. The molecule has 0 unspecified atom stereocenters. The van der Waals surface area contributed by atoms with E-state index in [1.54, 1.807) is 6.07 Å². The molecule has 0 atom stereocenters. The summed E-state index contributed by atoms with van der Waals surface area (Å²) in [6, 6.07) is 5.61. The summed E-state index contributed by atoms with van der Waals surface area (Å²) < 4.78 is 33.2. The number of piperazine rings is 1. The third kappa shape index (κ3) is 3.82. The Morgan fingerprint density at radius 1 is 1.37 bits per heavy atom. The molecule has 0 aromatic heterocycles. The molecule has 7 heteroatoms. The molecule has 1 aliphatic rings. The fourth-order valence-electron chi connectivity index (χ4n) is 2.15. The molecule has 1 aliphatic heterocycles. The number of rotatable bonds is 4. The van der Waals surface area contributed by atoms with Gasteiger partial charge >= 0.3 is 10.3 Å². The minimum Gasteiger partial charge on any atom is -0.367 e. The first kappa shape index (κ1) is 14.1. The lowest BCUT2D eigenvalue weighted by molar-refractivity contribution is 0.489. The predicted molar refractivity (Wildman–Crippen MR) is 75.1 cm³/mol. The Kier molecular flexibility index (Phi) is 4.28. The molecule has 1 heterocycles. The zero-order valence-corrected chi connectivity index (χ0v) is 11.7. The molecule has 105 valence electrons. The lowest BCUT2D eigenvalue weighted by Crippen LogP contribution is -2.40. The van der Waals surface area contributed by atoms with Crippen molar-refractivity contribution in [3.63, 3.8) is 0 Å². The minimum atomic E-state index is -4.26. The largest absolute Gasteiger partial charge is 0.367 e. The Morgan fingerprint density at radius 3 is 2.63 bits per heavy atom. The van der Waals surface area contributed by atoms with Crippen molar-refractivity contribution in [1.82, 2.24) is 5.32 Å². The van der Waals surface area contributed by atoms with Gasteiger partial charge in [0.1, 0.15) is 0 Å². The van der Waals surface area contributed by atoms with Crippen molar-refractivity contribution >= 4 is 21.7 Å². The van der Waals surface area contributed by atoms with Crippen LogP contribution >= 0.6 is 0 Å². The van der Waals surface area contributed by atoms with Gasteiger partial charge in [0.25, 0.3) is 0 Å². The van der Waals surface area contributed by atoms with Gasteiger partial charge in [-0.1, -0.05) is 13.0 Å². The number of hydrogen-bond acceptors (Lipinski definition) is 3. The number of anilines is 2. The standard InChI is InChI=1S/C12H18N3O3S/c1-2-10-3-4-12(15-7-5-13-6-8-15)11(9-10)14-19(16,17)18/h3-4,9,14H,2,5-8H2,1H3,(H,16,17,18). The fraction of sp³-hybridized carbons (Fsp3) is 0.500. The molecule has 1 saturated heterocycles. The van der Waals surface area contributed by atoms with E-state index in [0.717, 1.165) is 43.9 Å². The summed E-state index contributed by atoms with van der Waals surface area (Å²) in [6.07, 6.45) is 0.801. The van der Waals surface area contributed by atoms with E-state index in [-0.39, 0.29) is 0 Å². The van der Waals surface area contributed by atoms with Crippen molar-refractivity contribution in [2.45, 2.75) is 13.3 Å². The molecule has 2 N–H and O–H groups in total. The Labute approximate surface area is 113 Å². The van der Waals surface area contributed by atoms with E-state index < -0.39 is 10.3 Å². The van der Waals surface area contributed by atoms with E-state index in [4.69, 9.17) is 4.55 Å². The second-order valence-corrected chi connectivity index (χ2v) is 5.59. The van der Waals surface area contributed by atoms with Crippen LogP contribution in [0.25, 0.3) is 0 Å². The lowest BCUT2D eigenvalue weighted by atomic mass is 10.1. The SMILES string of the molecule is CCc1ccc(N2CC[N]CC2)c(NS(=O)(=O)O)c1. The maximum Gasteiger partial charge on any atom is 0.357 e. The van der Waals surface area contributed by atoms with Gasteiger partial charge in [0.2, 0.25) is 0 Å². The lowest BCUT2D eigenvalue weighted by Gasteiger charge is -2.30. The summed E-state index contributed by atoms with van der Waals surface area (Å²) in [5.41, 5.74) is 2.21. The van der Waals surface area contributed by atoms with Crippen LogP contribution in [0, 0.1) is 0 Å². The van der Waals surface area contributed by atoms with E-state index in [9.17, 15) is 8.42 Å². The molecule has 19 heavy (non-hydrogen) atoms. The molecular formula is C12H18N3O3S. The van der Waals surface area contributed by atoms with Crippen LogP contribution in [-0.4, -0.2) is 39.1 Å². The van der Waals surface area contributed by atoms with Crippen molar-refractivity contribution in [2.24, 2.45) is 0 Å². The zero-order chi connectivity index (χ0) is 13.9. The van der Waals surface area contributed by atoms with E-state index in [2.05, 4.69) is 14.9 Å². The minimum absolute atomic E-state index is 0.420. The monoisotopic (exact) mass is 284 g/mol. The molecule has 1 radical (unpaired) electrons. The molecule has 2 rings (SSSR count). The van der Waals surface area contributed by atoms with Crippen LogP contribution in [0.2, 0.25) is 0 Å². The molecule has 1 fully saturated rings. The Bertz CT molecular complexity index is 539. The average Bonchev–Trinajstić information content (AvgIpc) is 2.38. The second kappa shape index (κ2) is 5.77. The summed E-state index contributed by atoms with van der Waals surface area (Å²) in [5.74, 6) is 0. The summed E-state index contributed by atoms with van der Waals surface area (Å²) in [6.45, 7) is 4.98. The maximum absolute atomic E-state index is 11.0. The van der Waals surface area contributed by atoms with Crippen LogP contribution in [0.5, 0.6) is 0 Å². The van der Waals surface area contributed by atoms with Gasteiger partial charge in [0.05, 0.1) is 11.4 Å². The number of hydrogen-bond donors (Lipinski definition) is 2. The third-order valence-corrected chi connectivity index (χ3v) is 3.58. The highest BCUT2D eigenvalue weighted by Gasteiger charge is 2.17. The average molecular weight is 284 g/mol. The first-order chi connectivity index (χ1) is 8.99. The van der Waals surface area contributed by atoms with E-state index in [0.29, 0.717) is 5.69 Å². The van der Waals surface area contributed by atoms with E-state index in [1.807, 2.05) is 19.1 Å². The van der Waals surface area contributed by atoms with Gasteiger partial charge in [0.15, 0.2) is 0 Å². The zero-order valence-electron chi connectivity index (χ0n) is 10.8. The van der Waals surface area contributed by atoms with Crippen molar-refractivity contribution < 1.29 is 13.0 Å². The summed E-state index contributed by atoms with van der Waals surface area (Å²) in [4.78, 5) is 2.07. The quantitative estimate of drug-likeness (QED) is 0.804. The highest BCUT2D eigenvalue weighted by molar-refractivity contribution is 7.87. The predicted octanol–water partition coefficient (Wildman–Crippen LogP) is 0.888. The Morgan fingerprint density at radius 2 is 2.05 bits per heavy atom. The normalized spacial score (nSPS) is 16.4. The van der Waals surface area contributed by atoms with Gasteiger partial charge < -0.3 is 4.90 Å². The molecule has 0 saturated carbocycles. The third-order valence-electron chi connectivity index (χ3n) is 3.10. The van der Waals surface area contributed by atoms with Gasteiger partial charge in [-0.3, -0.25) is 9.27 Å². The summed E-state index contributed by atoms with van der Waals surface area (Å²) in [7, 11) is -4.26. The number of nitrogens with one attached hydrogen (secondary N) is 1. The van der Waals surface area contributed by atoms with Gasteiger partial charge in [-0.2, -0.15) is 8.42 Å². The molecule has 0 spiro atoms. The molecule has 1 aromatic rings. The highest BCUT2D eigenvalue weighted by Crippen LogP contribution is 2.28. The van der Waals surface area contributed by atoms with Crippen LogP contribution in [0.4, 0.5) is 11.4 Å². The molecule has 0 amide bonds. The van der Waals surface area contributed by atoms with Crippen LogP contribution < -0.4 is 14.9 Å². The molecule has 0 bridgehead atoms. The molecule has 1 aromatic carbocycles. The van der Waals surface area contributed by atoms with Crippen LogP contribution in [0.3, 0.4) is 0 Å². The van der Waals surface area contributed by atoms with Gasteiger partial charge in [0, 0.05) is 26.2 Å². The topological polar surface area (TPSA) is 83.7 Å². The van der Waals surface area contributed by atoms with Crippen molar-refractivity contribution in [1.29, 1.82) is 0 Å². The number of benzene rings is 1. The van der Waals surface area contributed by atoms with Gasteiger partial charge in [-0.25, -0.2) is 5.32 Å². The van der Waals surface area contributed by atoms with Crippen LogP contribution in [0.15, 0.2) is 18.2 Å². The van der Waals surface area contributed by atoms with Crippen molar-refractivity contribution in [3.8, 4) is 0 Å². The fourth-order valence-corrected chi connectivity index (χ4v) is 2.59. The van der Waals surface area contributed by atoms with Crippen molar-refractivity contribution in [2.75, 3.05) is 35.8 Å². The summed E-state index contributed by atoms with van der Waals surface area (Å²) in [5, 5.41) is 4.26.